The second kappa shape index (κ2) is 10.6. The Bertz CT molecular complexity index is 2100. The molecule has 5 fully saturated rings. The molecule has 3 saturated heterocycles. The second-order valence-corrected chi connectivity index (χ2v) is 13.8. The van der Waals surface area contributed by atoms with Crippen molar-refractivity contribution in [2.45, 2.75) is 43.4 Å². The fourth-order valence-electron chi connectivity index (χ4n) is 8.68. The van der Waals surface area contributed by atoms with Crippen molar-refractivity contribution in [3.63, 3.8) is 0 Å². The highest BCUT2D eigenvalue weighted by molar-refractivity contribution is 6.04. The van der Waals surface area contributed by atoms with E-state index in [1.54, 1.807) is 4.90 Å². The van der Waals surface area contributed by atoms with Gasteiger partial charge in [0, 0.05) is 41.8 Å². The van der Waals surface area contributed by atoms with E-state index in [0.717, 1.165) is 50.4 Å². The number of fused-ring (bicyclic) bond motifs is 5. The first kappa shape index (κ1) is 27.7. The number of benzene rings is 2. The molecule has 5 aliphatic rings. The topological polar surface area (TPSA) is 98.9 Å². The first-order valence-electron chi connectivity index (χ1n) is 17.2. The van der Waals surface area contributed by atoms with Crippen LogP contribution in [0.15, 0.2) is 42.6 Å². The Labute approximate surface area is 276 Å². The summed E-state index contributed by atoms with van der Waals surface area (Å²) in [5.74, 6) is -2.90. The van der Waals surface area contributed by atoms with Gasteiger partial charge in [0.2, 0.25) is 6.81 Å². The monoisotopic (exact) mass is 664 g/mol. The Balaban J connectivity index is 1.21. The zero-order valence-electron chi connectivity index (χ0n) is 27.9. The number of alkyl halides is 2. The maximum Gasteiger partial charge on any atom is 0.319 e. The van der Waals surface area contributed by atoms with Crippen molar-refractivity contribution in [1.82, 2.24) is 19.9 Å². The van der Waals surface area contributed by atoms with Crippen molar-refractivity contribution >= 4 is 33.2 Å². The third kappa shape index (κ3) is 4.32. The number of rotatable bonds is 7. The lowest BCUT2D eigenvalue weighted by Gasteiger charge is -2.37. The van der Waals surface area contributed by atoms with E-state index in [9.17, 15) is 4.39 Å². The first-order valence-corrected chi connectivity index (χ1v) is 16.2. The van der Waals surface area contributed by atoms with Gasteiger partial charge >= 0.3 is 6.01 Å². The number of nitrogen functional groups attached to an aromatic ring is 1. The molecule has 0 bridgehead atoms. The second-order valence-electron chi connectivity index (χ2n) is 13.8. The number of hydrogen-bond acceptors (Lipinski definition) is 9. The van der Waals surface area contributed by atoms with Crippen molar-refractivity contribution < 1.29 is 34.5 Å². The minimum atomic E-state index is -3.75. The quantitative estimate of drug-likeness (QED) is 0.151. The zero-order chi connectivity index (χ0) is 34.7. The van der Waals surface area contributed by atoms with Crippen molar-refractivity contribution in [2.75, 3.05) is 56.9 Å². The Morgan fingerprint density at radius 1 is 1.15 bits per heavy atom. The highest BCUT2D eigenvalue weighted by Gasteiger charge is 2.67. The molecular formula is C35H34F4N6O3. The van der Waals surface area contributed by atoms with E-state index in [1.807, 2.05) is 0 Å². The molecule has 9 nitrogen and oxygen atoms in total. The van der Waals surface area contributed by atoms with E-state index in [1.165, 1.54) is 24.4 Å². The Morgan fingerprint density at radius 3 is 2.81 bits per heavy atom. The average Bonchev–Trinajstić information content (AvgIpc) is 3.94. The molecule has 0 amide bonds. The summed E-state index contributed by atoms with van der Waals surface area (Å²) in [5.41, 5.74) is 6.74. The summed E-state index contributed by atoms with van der Waals surface area (Å²) in [6.07, 6.45) is 4.22. The largest absolute Gasteiger partial charge is 0.461 e. The van der Waals surface area contributed by atoms with Crippen LogP contribution in [0.25, 0.3) is 32.9 Å². The molecule has 2 aromatic heterocycles. The predicted octanol–water partition coefficient (Wildman–Crippen LogP) is 5.75. The molecule has 2 N–H and O–H groups in total. The van der Waals surface area contributed by atoms with Crippen LogP contribution >= 0.6 is 0 Å². The van der Waals surface area contributed by atoms with Crippen LogP contribution in [0, 0.1) is 23.0 Å². The third-order valence-corrected chi connectivity index (χ3v) is 11.2. The molecule has 250 valence electrons. The van der Waals surface area contributed by atoms with Crippen LogP contribution in [-0.4, -0.2) is 83.9 Å². The van der Waals surface area contributed by atoms with Gasteiger partial charge in [-0.1, -0.05) is 18.2 Å². The Kier molecular flexibility index (Phi) is 6.14. The molecule has 48 heavy (non-hydrogen) atoms. The van der Waals surface area contributed by atoms with Gasteiger partial charge in [0.05, 0.1) is 30.2 Å². The highest BCUT2D eigenvalue weighted by atomic mass is 19.1. The number of anilines is 2. The van der Waals surface area contributed by atoms with Gasteiger partial charge in [-0.25, -0.2) is 17.6 Å². The number of hydrogen-bond donors (Lipinski definition) is 1. The van der Waals surface area contributed by atoms with Gasteiger partial charge in [0.15, 0.2) is 17.4 Å². The van der Waals surface area contributed by atoms with E-state index in [2.05, 4.69) is 21.4 Å². The Hall–Kier alpha value is -4.23. The van der Waals surface area contributed by atoms with Gasteiger partial charge < -0.3 is 24.8 Å². The van der Waals surface area contributed by atoms with E-state index >= 15 is 13.2 Å². The van der Waals surface area contributed by atoms with Gasteiger partial charge in [-0.2, -0.15) is 9.97 Å². The number of ether oxygens (including phenoxy) is 3. The number of aromatic nitrogens is 3. The molecule has 5 heterocycles. The minimum Gasteiger partial charge on any atom is -0.461 e. The molecule has 1 spiro atoms. The van der Waals surface area contributed by atoms with E-state index < -0.39 is 36.4 Å². The SMILES string of the molecule is [2H]C([2H])(F)Oc1c(F)ccc2cc(N)cc(-c3ncc4c(N5CCOC[C@H]6[C@H](F)[C@H]65)nc(OC[C@]56CC(=C)CN5CCC65CC5)nc4c3F)c12. The lowest BCUT2D eigenvalue weighted by Crippen LogP contribution is -2.49. The molecule has 13 heteroatoms. The number of pyridine rings is 1. The fourth-order valence-corrected chi connectivity index (χ4v) is 8.68. The number of nitrogens with two attached hydrogens (primary N) is 1. The Morgan fingerprint density at radius 2 is 2.00 bits per heavy atom. The number of nitrogens with zero attached hydrogens (tertiary/aromatic N) is 5. The summed E-state index contributed by atoms with van der Waals surface area (Å²) in [6, 6.07) is 4.47. The molecule has 4 atom stereocenters. The van der Waals surface area contributed by atoms with Crippen LogP contribution in [0.2, 0.25) is 0 Å². The van der Waals surface area contributed by atoms with Crippen molar-refractivity contribution in [3.05, 3.63) is 54.2 Å². The van der Waals surface area contributed by atoms with Gasteiger partial charge in [-0.3, -0.25) is 9.88 Å². The minimum absolute atomic E-state index is 0.0735. The van der Waals surface area contributed by atoms with Gasteiger partial charge in [-0.15, -0.1) is 0 Å². The molecule has 0 radical (unpaired) electrons. The smallest absolute Gasteiger partial charge is 0.319 e. The lowest BCUT2D eigenvalue weighted by molar-refractivity contribution is 0.0649. The summed E-state index contributed by atoms with van der Waals surface area (Å²) < 4.78 is 92.8. The van der Waals surface area contributed by atoms with Crippen molar-refractivity contribution in [3.8, 4) is 23.0 Å². The maximum atomic E-state index is 17.0. The summed E-state index contributed by atoms with van der Waals surface area (Å²) >= 11 is 0. The standard InChI is InChI=1S/C35H34F4N6O3/c1-18-12-35(34(4-5-34)6-7-44(35)14-18)16-47-33-42-29-22(32(43-33)45-8-9-46-15-23-26(38)30(23)45)13-41-28(27(29)39)21-11-20(40)10-19-2-3-24(37)31(25(19)21)48-17-36/h2-3,10-11,13,23,26,30H,1,4-9,12,14-17,40H2/t23-,26-,30-,35-/m0/s1/i17D2. The molecule has 2 aliphatic carbocycles. The average molecular weight is 665 g/mol. The maximum absolute atomic E-state index is 17.0. The van der Waals surface area contributed by atoms with Crippen LogP contribution in [0.1, 0.15) is 28.4 Å². The predicted molar refractivity (Wildman–Crippen MR) is 171 cm³/mol. The van der Waals surface area contributed by atoms with Crippen LogP contribution < -0.4 is 20.1 Å². The van der Waals surface area contributed by atoms with Crippen LogP contribution in [-0.2, 0) is 4.74 Å². The normalized spacial score (nSPS) is 28.3. The van der Waals surface area contributed by atoms with Gasteiger partial charge in [-0.05, 0) is 61.2 Å². The van der Waals surface area contributed by atoms with Gasteiger partial charge in [0.1, 0.15) is 32.5 Å². The summed E-state index contributed by atoms with van der Waals surface area (Å²) in [6.45, 7) is 3.37. The summed E-state index contributed by atoms with van der Waals surface area (Å²) in [5, 5.41) is 0.294. The molecule has 2 saturated carbocycles. The molecule has 4 aromatic rings. The summed E-state index contributed by atoms with van der Waals surface area (Å²) in [7, 11) is 0. The molecular weight excluding hydrogens is 628 g/mol. The van der Waals surface area contributed by atoms with Crippen LogP contribution in [0.5, 0.6) is 11.8 Å². The number of halogens is 4. The van der Waals surface area contributed by atoms with Gasteiger partial charge in [0.25, 0.3) is 0 Å². The highest BCUT2D eigenvalue weighted by Crippen LogP contribution is 2.66. The lowest BCUT2D eigenvalue weighted by atomic mass is 9.80. The van der Waals surface area contributed by atoms with Crippen molar-refractivity contribution in [1.29, 1.82) is 0 Å². The third-order valence-electron chi connectivity index (χ3n) is 11.2. The van der Waals surface area contributed by atoms with E-state index in [4.69, 9.17) is 27.7 Å². The van der Waals surface area contributed by atoms with Crippen molar-refractivity contribution in [2.24, 2.45) is 11.3 Å². The zero-order valence-corrected chi connectivity index (χ0v) is 25.9. The summed E-state index contributed by atoms with van der Waals surface area (Å²) in [4.78, 5) is 17.9. The van der Waals surface area contributed by atoms with Crippen LogP contribution in [0.4, 0.5) is 29.1 Å². The first-order chi connectivity index (χ1) is 23.9. The van der Waals surface area contributed by atoms with Crippen LogP contribution in [0.3, 0.4) is 0 Å². The van der Waals surface area contributed by atoms with E-state index in [-0.39, 0.29) is 80.5 Å². The molecule has 3 aliphatic heterocycles. The molecule has 2 aromatic carbocycles. The fraction of sp³-hybridized carbons (Fsp3) is 0.457. The molecule has 9 rings (SSSR count). The molecule has 0 unspecified atom stereocenters. The van der Waals surface area contributed by atoms with E-state index in [0.29, 0.717) is 13.2 Å².